The Kier molecular flexibility index (Phi) is 5.61. The summed E-state index contributed by atoms with van der Waals surface area (Å²) in [6.07, 6.45) is 7.86. The Morgan fingerprint density at radius 3 is 2.50 bits per heavy atom. The largest absolute Gasteiger partial charge is 0.394 e. The van der Waals surface area contributed by atoms with Crippen LogP contribution in [-0.2, 0) is 14.4 Å². The van der Waals surface area contributed by atoms with Gasteiger partial charge in [0, 0.05) is 24.9 Å². The molecule has 2 saturated heterocycles. The second kappa shape index (κ2) is 8.14. The van der Waals surface area contributed by atoms with Crippen LogP contribution < -0.4 is 4.90 Å². The average molecular weight is 502 g/mol. The highest BCUT2D eigenvalue weighted by Gasteiger charge is 2.74. The lowest BCUT2D eigenvalue weighted by atomic mass is 9.74. The molecule has 5 rings (SSSR count). The number of anilines is 1. The van der Waals surface area contributed by atoms with Gasteiger partial charge in [-0.1, -0.05) is 48.0 Å². The smallest absolute Gasteiger partial charge is 0.251 e. The molecule has 34 heavy (non-hydrogen) atoms. The predicted octanol–water partition coefficient (Wildman–Crippen LogP) is 2.34. The predicted molar refractivity (Wildman–Crippen MR) is 133 cm³/mol. The second-order valence-corrected chi connectivity index (χ2v) is 11.9. The van der Waals surface area contributed by atoms with Crippen LogP contribution in [0.15, 0.2) is 48.6 Å². The van der Waals surface area contributed by atoms with Gasteiger partial charge in [0.05, 0.1) is 39.9 Å². The first-order chi connectivity index (χ1) is 16.2. The molecule has 9 heteroatoms. The summed E-state index contributed by atoms with van der Waals surface area (Å²) in [7, 11) is 1.74. The van der Waals surface area contributed by atoms with Gasteiger partial charge in [-0.05, 0) is 26.0 Å². The van der Waals surface area contributed by atoms with E-state index in [0.29, 0.717) is 23.8 Å². The lowest BCUT2D eigenvalue weighted by Crippen LogP contribution is -2.56. The third-order valence-corrected chi connectivity index (χ3v) is 9.69. The number of thioether (sulfide) groups is 1. The minimum atomic E-state index is -0.939. The number of nitrogens with zero attached hydrogens (tertiary/aromatic N) is 3. The normalized spacial score (nSPS) is 35.7. The zero-order valence-electron chi connectivity index (χ0n) is 19.3. The van der Waals surface area contributed by atoms with Crippen LogP contribution in [0.3, 0.4) is 0 Å². The molecule has 1 spiro atoms. The van der Waals surface area contributed by atoms with Crippen molar-refractivity contribution in [1.82, 2.24) is 9.80 Å². The number of aliphatic hydroxyl groups excluding tert-OH is 1. The molecule has 6 atom stereocenters. The molecular weight excluding hydrogens is 474 g/mol. The van der Waals surface area contributed by atoms with E-state index in [0.717, 1.165) is 0 Å². The van der Waals surface area contributed by atoms with Crippen LogP contribution in [0, 0.1) is 11.8 Å². The van der Waals surface area contributed by atoms with Gasteiger partial charge in [0.2, 0.25) is 11.8 Å². The van der Waals surface area contributed by atoms with Crippen molar-refractivity contribution in [2.45, 2.75) is 35.4 Å². The van der Waals surface area contributed by atoms with Crippen LogP contribution in [0.5, 0.6) is 0 Å². The van der Waals surface area contributed by atoms with E-state index in [1.165, 1.54) is 16.7 Å². The van der Waals surface area contributed by atoms with E-state index in [-0.39, 0.29) is 24.3 Å². The summed E-state index contributed by atoms with van der Waals surface area (Å²) in [5.41, 5.74) is 0.572. The first-order valence-electron chi connectivity index (χ1n) is 11.5. The minimum Gasteiger partial charge on any atom is -0.394 e. The van der Waals surface area contributed by atoms with Gasteiger partial charge < -0.3 is 19.8 Å². The summed E-state index contributed by atoms with van der Waals surface area (Å²) in [6.45, 7) is 4.22. The Balaban J connectivity index is 1.69. The number of carbonyl (C=O) groups is 3. The first-order valence-corrected chi connectivity index (χ1v) is 12.6. The number of rotatable bonds is 3. The second-order valence-electron chi connectivity index (χ2n) is 9.70. The number of halogens is 1. The molecule has 0 aromatic heterocycles. The number of fused-ring (bicyclic) bond motifs is 2. The Bertz CT molecular complexity index is 1130. The van der Waals surface area contributed by atoms with Gasteiger partial charge in [0.15, 0.2) is 0 Å². The van der Waals surface area contributed by atoms with Crippen molar-refractivity contribution in [2.24, 2.45) is 11.8 Å². The maximum Gasteiger partial charge on any atom is 0.251 e. The fourth-order valence-electron chi connectivity index (χ4n) is 6.03. The van der Waals surface area contributed by atoms with E-state index in [1.807, 2.05) is 37.3 Å². The molecule has 2 fully saturated rings. The number of likely N-dealkylation sites (N-methyl/N-ethyl adjacent to an activating group) is 1. The molecule has 1 aromatic rings. The lowest BCUT2D eigenvalue weighted by molar-refractivity contribution is -0.144. The summed E-state index contributed by atoms with van der Waals surface area (Å²) in [4.78, 5) is 46.6. The number of aliphatic hydroxyl groups is 1. The summed E-state index contributed by atoms with van der Waals surface area (Å²) in [5, 5.41) is 10.5. The minimum absolute atomic E-state index is 0.0967. The van der Waals surface area contributed by atoms with Crippen LogP contribution >= 0.6 is 23.4 Å². The molecule has 1 N–H and O–H groups in total. The van der Waals surface area contributed by atoms with E-state index in [4.69, 9.17) is 11.6 Å². The molecule has 180 valence electrons. The summed E-state index contributed by atoms with van der Waals surface area (Å²) < 4.78 is -1.58. The third-order valence-electron chi connectivity index (χ3n) is 7.58. The molecule has 4 heterocycles. The van der Waals surface area contributed by atoms with Crippen molar-refractivity contribution < 1.29 is 19.5 Å². The van der Waals surface area contributed by atoms with E-state index in [2.05, 4.69) is 0 Å². The SMILES string of the molecule is C[C@H](CO)N1C(=O)[C@@H]2[C@@H]3C(=O)N(C)CC=C[C@]3(C)S[C@@]23C=CCN(c2ccccc2Cl)C(=O)C13. The van der Waals surface area contributed by atoms with Crippen molar-refractivity contribution in [3.05, 3.63) is 53.6 Å². The average Bonchev–Trinajstić information content (AvgIpc) is 3.09. The fraction of sp³-hybridized carbons (Fsp3) is 0.480. The summed E-state index contributed by atoms with van der Waals surface area (Å²) >= 11 is 7.98. The number of hydrogen-bond donors (Lipinski definition) is 1. The third kappa shape index (κ3) is 3.11. The molecule has 0 radical (unpaired) electrons. The van der Waals surface area contributed by atoms with Crippen molar-refractivity contribution in [3.8, 4) is 0 Å². The van der Waals surface area contributed by atoms with Gasteiger partial charge in [-0.15, -0.1) is 11.8 Å². The number of benzene rings is 1. The molecule has 0 saturated carbocycles. The van der Waals surface area contributed by atoms with Crippen LogP contribution in [0.25, 0.3) is 0 Å². The number of likely N-dealkylation sites (tertiary alicyclic amines) is 1. The quantitative estimate of drug-likeness (QED) is 0.643. The van der Waals surface area contributed by atoms with E-state index in [1.54, 1.807) is 42.0 Å². The number of amides is 3. The topological polar surface area (TPSA) is 81.2 Å². The van der Waals surface area contributed by atoms with Gasteiger partial charge in [-0.25, -0.2) is 0 Å². The van der Waals surface area contributed by atoms with Gasteiger partial charge >= 0.3 is 0 Å². The van der Waals surface area contributed by atoms with Crippen molar-refractivity contribution in [2.75, 3.05) is 31.6 Å². The molecule has 3 amide bonds. The van der Waals surface area contributed by atoms with Crippen molar-refractivity contribution >= 4 is 46.8 Å². The highest BCUT2D eigenvalue weighted by molar-refractivity contribution is 8.02. The maximum absolute atomic E-state index is 14.2. The Hall–Kier alpha value is -2.29. The fourth-order valence-corrected chi connectivity index (χ4v) is 8.41. The number of para-hydroxylation sites is 1. The monoisotopic (exact) mass is 501 g/mol. The van der Waals surface area contributed by atoms with Gasteiger partial charge in [-0.2, -0.15) is 0 Å². The molecule has 0 aliphatic carbocycles. The maximum atomic E-state index is 14.2. The van der Waals surface area contributed by atoms with Crippen molar-refractivity contribution in [3.63, 3.8) is 0 Å². The summed E-state index contributed by atoms with van der Waals surface area (Å²) in [6, 6.07) is 5.68. The number of carbonyl (C=O) groups excluding carboxylic acids is 3. The van der Waals surface area contributed by atoms with Gasteiger partial charge in [0.25, 0.3) is 5.91 Å². The zero-order chi connectivity index (χ0) is 24.4. The Morgan fingerprint density at radius 1 is 1.09 bits per heavy atom. The van der Waals surface area contributed by atoms with Crippen LogP contribution in [0.4, 0.5) is 5.69 Å². The van der Waals surface area contributed by atoms with E-state index in [9.17, 15) is 19.5 Å². The summed E-state index contributed by atoms with van der Waals surface area (Å²) in [5.74, 6) is -1.95. The molecule has 4 aliphatic rings. The molecule has 1 unspecified atom stereocenters. The molecule has 1 aromatic carbocycles. The van der Waals surface area contributed by atoms with Crippen LogP contribution in [0.2, 0.25) is 5.02 Å². The van der Waals surface area contributed by atoms with Crippen LogP contribution in [-0.4, -0.2) is 80.9 Å². The highest BCUT2D eigenvalue weighted by atomic mass is 35.5. The van der Waals surface area contributed by atoms with Gasteiger partial charge in [-0.3, -0.25) is 14.4 Å². The van der Waals surface area contributed by atoms with E-state index >= 15 is 0 Å². The van der Waals surface area contributed by atoms with Gasteiger partial charge in [0.1, 0.15) is 6.04 Å². The molecule has 7 nitrogen and oxygen atoms in total. The van der Waals surface area contributed by atoms with E-state index < -0.39 is 33.4 Å². The van der Waals surface area contributed by atoms with Crippen molar-refractivity contribution in [1.29, 1.82) is 0 Å². The molecule has 0 bridgehead atoms. The molecular formula is C25H28ClN3O4S. The number of hydrogen-bond acceptors (Lipinski definition) is 5. The Morgan fingerprint density at radius 2 is 1.79 bits per heavy atom. The zero-order valence-corrected chi connectivity index (χ0v) is 20.9. The standard InChI is InChI=1S/C25H28ClN3O4S/c1-15(14-30)29-20-23(33)28(17-9-5-4-8-16(17)26)13-7-11-25(20)19(22(29)32)18-21(31)27(3)12-6-10-24(18,2)34-25/h4-11,15,18-20,30H,12-14H2,1-3H3/t15-,18-,19+,20?,24+,25+/m1/s1. The lowest BCUT2D eigenvalue weighted by Gasteiger charge is -2.38. The Labute approximate surface area is 208 Å². The highest BCUT2D eigenvalue weighted by Crippen LogP contribution is 2.65. The van der Waals surface area contributed by atoms with Crippen LogP contribution in [0.1, 0.15) is 13.8 Å². The first kappa shape index (κ1) is 23.5. The molecule has 4 aliphatic heterocycles.